The molecule has 0 spiro atoms. The average molecular weight is 271 g/mol. The lowest BCUT2D eigenvalue weighted by molar-refractivity contribution is -0.121. The van der Waals surface area contributed by atoms with Crippen LogP contribution in [0.5, 0.6) is 0 Å². The summed E-state index contributed by atoms with van der Waals surface area (Å²) in [5.41, 5.74) is 2.47. The minimum Gasteiger partial charge on any atom is -0.361 e. The van der Waals surface area contributed by atoms with Crippen molar-refractivity contribution in [3.63, 3.8) is 0 Å². The fourth-order valence-electron chi connectivity index (χ4n) is 2.86. The second kappa shape index (κ2) is 6.09. The number of nitrogens with one attached hydrogen (secondary N) is 3. The van der Waals surface area contributed by atoms with Gasteiger partial charge in [0.05, 0.1) is 0 Å². The van der Waals surface area contributed by atoms with Crippen molar-refractivity contribution >= 4 is 16.8 Å². The van der Waals surface area contributed by atoms with Gasteiger partial charge in [-0.25, -0.2) is 0 Å². The molecule has 1 amide bonds. The van der Waals surface area contributed by atoms with Crippen LogP contribution >= 0.6 is 0 Å². The van der Waals surface area contributed by atoms with Gasteiger partial charge in [-0.1, -0.05) is 18.2 Å². The number of benzene rings is 1. The number of aryl methyl sites for hydroxylation is 1. The molecule has 3 N–H and O–H groups in total. The molecule has 1 aromatic carbocycles. The first-order valence-corrected chi connectivity index (χ1v) is 7.38. The summed E-state index contributed by atoms with van der Waals surface area (Å²) in [6, 6.07) is 8.63. The molecule has 3 rings (SSSR count). The number of amides is 1. The molecule has 106 valence electrons. The first kappa shape index (κ1) is 13.2. The number of aromatic amines is 1. The van der Waals surface area contributed by atoms with Crippen molar-refractivity contribution in [2.75, 3.05) is 13.1 Å². The molecule has 20 heavy (non-hydrogen) atoms. The molecule has 1 atom stereocenters. The van der Waals surface area contributed by atoms with Gasteiger partial charge in [-0.3, -0.25) is 4.79 Å². The summed E-state index contributed by atoms with van der Waals surface area (Å²) in [6.07, 6.45) is 5.56. The lowest BCUT2D eigenvalue weighted by atomic mass is 10.1. The maximum Gasteiger partial charge on any atom is 0.220 e. The second-order valence-corrected chi connectivity index (χ2v) is 5.47. The lowest BCUT2D eigenvalue weighted by Gasteiger charge is -2.10. The molecular formula is C16H21N3O. The van der Waals surface area contributed by atoms with Crippen LogP contribution in [0.2, 0.25) is 0 Å². The molecule has 2 heterocycles. The summed E-state index contributed by atoms with van der Waals surface area (Å²) in [5.74, 6) is 0.179. The van der Waals surface area contributed by atoms with Gasteiger partial charge in [0.2, 0.25) is 5.91 Å². The Morgan fingerprint density at radius 3 is 3.10 bits per heavy atom. The quantitative estimate of drug-likeness (QED) is 0.778. The number of carbonyl (C=O) groups excluding carboxylic acids is 1. The van der Waals surface area contributed by atoms with E-state index in [1.807, 2.05) is 6.07 Å². The van der Waals surface area contributed by atoms with Crippen molar-refractivity contribution in [3.8, 4) is 0 Å². The molecule has 0 unspecified atom stereocenters. The van der Waals surface area contributed by atoms with Crippen LogP contribution in [0.15, 0.2) is 30.5 Å². The Kier molecular flexibility index (Phi) is 4.02. The molecule has 0 saturated carbocycles. The highest BCUT2D eigenvalue weighted by Crippen LogP contribution is 2.19. The van der Waals surface area contributed by atoms with Gasteiger partial charge in [0.1, 0.15) is 0 Å². The van der Waals surface area contributed by atoms with E-state index in [1.165, 1.54) is 16.5 Å². The van der Waals surface area contributed by atoms with Crippen LogP contribution in [-0.4, -0.2) is 30.0 Å². The zero-order valence-corrected chi connectivity index (χ0v) is 11.6. The number of hydrogen-bond acceptors (Lipinski definition) is 2. The Hall–Kier alpha value is -1.81. The smallest absolute Gasteiger partial charge is 0.220 e. The summed E-state index contributed by atoms with van der Waals surface area (Å²) in [6.45, 7) is 1.93. The van der Waals surface area contributed by atoms with Gasteiger partial charge in [-0.05, 0) is 37.4 Å². The van der Waals surface area contributed by atoms with Crippen LogP contribution in [0, 0.1) is 0 Å². The fraction of sp³-hybridized carbons (Fsp3) is 0.438. The molecular weight excluding hydrogens is 250 g/mol. The van der Waals surface area contributed by atoms with E-state index >= 15 is 0 Å². The number of aromatic nitrogens is 1. The zero-order chi connectivity index (χ0) is 13.8. The first-order chi connectivity index (χ1) is 9.83. The van der Waals surface area contributed by atoms with Crippen LogP contribution in [-0.2, 0) is 11.2 Å². The van der Waals surface area contributed by atoms with Crippen LogP contribution < -0.4 is 10.6 Å². The van der Waals surface area contributed by atoms with E-state index in [0.717, 1.165) is 32.4 Å². The van der Waals surface area contributed by atoms with Gasteiger partial charge in [0.15, 0.2) is 0 Å². The van der Waals surface area contributed by atoms with Crippen LogP contribution in [0.4, 0.5) is 0 Å². The fourth-order valence-corrected chi connectivity index (χ4v) is 2.86. The van der Waals surface area contributed by atoms with E-state index in [4.69, 9.17) is 0 Å². The summed E-state index contributed by atoms with van der Waals surface area (Å²) in [4.78, 5) is 15.1. The molecule has 1 aromatic heterocycles. The molecule has 1 aliphatic heterocycles. The first-order valence-electron chi connectivity index (χ1n) is 7.38. The molecule has 4 heteroatoms. The Morgan fingerprint density at radius 1 is 1.35 bits per heavy atom. The Balaban J connectivity index is 1.48. The monoisotopic (exact) mass is 271 g/mol. The Morgan fingerprint density at radius 2 is 2.25 bits per heavy atom. The number of H-pyrrole nitrogens is 1. The van der Waals surface area contributed by atoms with Crippen LogP contribution in [0.25, 0.3) is 10.9 Å². The molecule has 0 aliphatic carbocycles. The summed E-state index contributed by atoms with van der Waals surface area (Å²) < 4.78 is 0. The highest BCUT2D eigenvalue weighted by molar-refractivity contribution is 5.83. The molecule has 4 nitrogen and oxygen atoms in total. The highest BCUT2D eigenvalue weighted by Gasteiger charge is 2.16. The standard InChI is InChI=1S/C16H21N3O/c20-16(19-13-8-9-17-11-13)7-3-4-12-10-18-15-6-2-1-5-14(12)15/h1-2,5-6,10,13,17-18H,3-4,7-9,11H2,(H,19,20)/t13-/m1/s1. The van der Waals surface area contributed by atoms with Crippen LogP contribution in [0.3, 0.4) is 0 Å². The van der Waals surface area contributed by atoms with Crippen molar-refractivity contribution in [3.05, 3.63) is 36.0 Å². The van der Waals surface area contributed by atoms with Crippen molar-refractivity contribution in [1.82, 2.24) is 15.6 Å². The van der Waals surface area contributed by atoms with Gasteiger partial charge in [0.25, 0.3) is 0 Å². The normalized spacial score (nSPS) is 18.5. The molecule has 2 aromatic rings. The Bertz CT molecular complexity index is 584. The molecule has 0 radical (unpaired) electrons. The van der Waals surface area contributed by atoms with E-state index in [1.54, 1.807) is 0 Å². The zero-order valence-electron chi connectivity index (χ0n) is 11.6. The third kappa shape index (κ3) is 3.02. The molecule has 1 aliphatic rings. The number of carbonyl (C=O) groups is 1. The number of hydrogen-bond donors (Lipinski definition) is 3. The largest absolute Gasteiger partial charge is 0.361 e. The van der Waals surface area contributed by atoms with Gasteiger partial charge in [-0.2, -0.15) is 0 Å². The molecule has 0 bridgehead atoms. The van der Waals surface area contributed by atoms with E-state index in [0.29, 0.717) is 12.5 Å². The van der Waals surface area contributed by atoms with Crippen molar-refractivity contribution in [1.29, 1.82) is 0 Å². The van der Waals surface area contributed by atoms with Gasteiger partial charge in [-0.15, -0.1) is 0 Å². The molecule has 1 saturated heterocycles. The Labute approximate surface area is 118 Å². The SMILES string of the molecule is O=C(CCCc1c[nH]c2ccccc12)N[C@@H]1CCNC1. The minimum absolute atomic E-state index is 0.179. The predicted molar refractivity (Wildman–Crippen MR) is 80.7 cm³/mol. The third-order valence-corrected chi connectivity index (χ3v) is 3.95. The van der Waals surface area contributed by atoms with E-state index < -0.39 is 0 Å². The van der Waals surface area contributed by atoms with E-state index in [9.17, 15) is 4.79 Å². The highest BCUT2D eigenvalue weighted by atomic mass is 16.1. The van der Waals surface area contributed by atoms with Crippen LogP contribution in [0.1, 0.15) is 24.8 Å². The number of fused-ring (bicyclic) bond motifs is 1. The second-order valence-electron chi connectivity index (χ2n) is 5.47. The summed E-state index contributed by atoms with van der Waals surface area (Å²) >= 11 is 0. The van der Waals surface area contributed by atoms with Gasteiger partial charge >= 0.3 is 0 Å². The van der Waals surface area contributed by atoms with Gasteiger partial charge < -0.3 is 15.6 Å². The predicted octanol–water partition coefficient (Wildman–Crippen LogP) is 1.97. The van der Waals surface area contributed by atoms with E-state index in [2.05, 4.69) is 40.0 Å². The van der Waals surface area contributed by atoms with E-state index in [-0.39, 0.29) is 5.91 Å². The van der Waals surface area contributed by atoms with Gasteiger partial charge in [0, 0.05) is 36.1 Å². The maximum atomic E-state index is 11.8. The number of rotatable bonds is 5. The average Bonchev–Trinajstić information content (AvgIpc) is 3.09. The third-order valence-electron chi connectivity index (χ3n) is 3.95. The summed E-state index contributed by atoms with van der Waals surface area (Å²) in [5, 5.41) is 7.62. The summed E-state index contributed by atoms with van der Waals surface area (Å²) in [7, 11) is 0. The maximum absolute atomic E-state index is 11.8. The molecule has 1 fully saturated rings. The van der Waals surface area contributed by atoms with Crippen molar-refractivity contribution in [2.45, 2.75) is 31.7 Å². The number of para-hydroxylation sites is 1. The minimum atomic E-state index is 0.179. The topological polar surface area (TPSA) is 56.9 Å². The lowest BCUT2D eigenvalue weighted by Crippen LogP contribution is -2.36. The van der Waals surface area contributed by atoms with Crippen molar-refractivity contribution in [2.24, 2.45) is 0 Å². The van der Waals surface area contributed by atoms with Crippen molar-refractivity contribution < 1.29 is 4.79 Å².